The van der Waals surface area contributed by atoms with Gasteiger partial charge < -0.3 is 18.9 Å². The zero-order chi connectivity index (χ0) is 19.8. The predicted molar refractivity (Wildman–Crippen MR) is 96.6 cm³/mol. The summed E-state index contributed by atoms with van der Waals surface area (Å²) in [5.41, 5.74) is -0.113. The molecule has 144 valence electrons. The van der Waals surface area contributed by atoms with Crippen LogP contribution in [0, 0.1) is 0 Å². The SMILES string of the molecule is C[C@H]1CO[C@@H]2Cn3cc(C(=O)C(=O)OCc4ccccc4)c(=O)cc3C(=O)N12. The highest BCUT2D eigenvalue weighted by Crippen LogP contribution is 2.25. The van der Waals surface area contributed by atoms with E-state index in [0.29, 0.717) is 6.61 Å². The summed E-state index contributed by atoms with van der Waals surface area (Å²) in [5, 5.41) is 0. The molecule has 8 nitrogen and oxygen atoms in total. The van der Waals surface area contributed by atoms with E-state index in [4.69, 9.17) is 9.47 Å². The molecule has 1 fully saturated rings. The van der Waals surface area contributed by atoms with Crippen LogP contribution >= 0.6 is 0 Å². The summed E-state index contributed by atoms with van der Waals surface area (Å²) < 4.78 is 12.1. The van der Waals surface area contributed by atoms with Gasteiger partial charge in [0.1, 0.15) is 12.3 Å². The second-order valence-electron chi connectivity index (χ2n) is 6.83. The number of ether oxygens (including phenoxy) is 2. The zero-order valence-corrected chi connectivity index (χ0v) is 15.2. The van der Waals surface area contributed by atoms with Crippen molar-refractivity contribution >= 4 is 17.7 Å². The molecule has 0 radical (unpaired) electrons. The van der Waals surface area contributed by atoms with Crippen LogP contribution in [0.1, 0.15) is 33.3 Å². The van der Waals surface area contributed by atoms with Gasteiger partial charge in [0.15, 0.2) is 11.7 Å². The number of carbonyl (C=O) groups is 3. The molecule has 0 saturated carbocycles. The number of benzene rings is 1. The molecule has 2 aromatic rings. The molecule has 28 heavy (non-hydrogen) atoms. The number of carbonyl (C=O) groups excluding carboxylic acids is 3. The highest BCUT2D eigenvalue weighted by Gasteiger charge is 2.41. The van der Waals surface area contributed by atoms with Gasteiger partial charge in [-0.3, -0.25) is 14.4 Å². The quantitative estimate of drug-likeness (QED) is 0.444. The molecular formula is C20H18N2O6. The molecule has 8 heteroatoms. The van der Waals surface area contributed by atoms with E-state index in [9.17, 15) is 19.2 Å². The topological polar surface area (TPSA) is 94.9 Å². The van der Waals surface area contributed by atoms with Gasteiger partial charge in [-0.1, -0.05) is 30.3 Å². The number of rotatable bonds is 4. The Labute approximate surface area is 160 Å². The monoisotopic (exact) mass is 382 g/mol. The molecule has 0 bridgehead atoms. The molecule has 2 aliphatic rings. The lowest BCUT2D eigenvalue weighted by Crippen LogP contribution is -2.48. The van der Waals surface area contributed by atoms with Crippen molar-refractivity contribution in [1.29, 1.82) is 0 Å². The number of hydrogen-bond donors (Lipinski definition) is 0. The van der Waals surface area contributed by atoms with Crippen LogP contribution in [0.25, 0.3) is 0 Å². The lowest BCUT2D eigenvalue weighted by atomic mass is 10.1. The van der Waals surface area contributed by atoms with E-state index < -0.39 is 23.4 Å². The van der Waals surface area contributed by atoms with Crippen molar-refractivity contribution in [3.05, 3.63) is 69.6 Å². The molecule has 1 aromatic heterocycles. The van der Waals surface area contributed by atoms with Gasteiger partial charge in [-0.25, -0.2) is 4.79 Å². The number of ketones is 1. The van der Waals surface area contributed by atoms with Crippen LogP contribution in [0.5, 0.6) is 0 Å². The van der Waals surface area contributed by atoms with E-state index in [2.05, 4.69) is 0 Å². The van der Waals surface area contributed by atoms with Gasteiger partial charge >= 0.3 is 5.97 Å². The average Bonchev–Trinajstić information content (AvgIpc) is 3.07. The minimum atomic E-state index is -1.11. The Hall–Kier alpha value is -3.26. The van der Waals surface area contributed by atoms with Gasteiger partial charge in [0.2, 0.25) is 0 Å². The minimum Gasteiger partial charge on any atom is -0.455 e. The van der Waals surface area contributed by atoms with Crippen molar-refractivity contribution in [2.75, 3.05) is 6.61 Å². The van der Waals surface area contributed by atoms with Crippen molar-refractivity contribution in [1.82, 2.24) is 9.47 Å². The number of pyridine rings is 1. The van der Waals surface area contributed by atoms with Crippen LogP contribution in [0.15, 0.2) is 47.4 Å². The highest BCUT2D eigenvalue weighted by atomic mass is 16.5. The maximum atomic E-state index is 12.6. The third-order valence-electron chi connectivity index (χ3n) is 4.89. The van der Waals surface area contributed by atoms with Gasteiger partial charge in [0.05, 0.1) is 24.8 Å². The lowest BCUT2D eigenvalue weighted by molar-refractivity contribution is -0.139. The molecule has 1 aromatic carbocycles. The largest absolute Gasteiger partial charge is 0.455 e. The van der Waals surface area contributed by atoms with E-state index >= 15 is 0 Å². The maximum absolute atomic E-state index is 12.6. The first-order valence-electron chi connectivity index (χ1n) is 8.90. The molecule has 0 spiro atoms. The normalized spacial score (nSPS) is 20.5. The summed E-state index contributed by atoms with van der Waals surface area (Å²) in [6.45, 7) is 2.49. The third kappa shape index (κ3) is 3.11. The summed E-state index contributed by atoms with van der Waals surface area (Å²) in [6.07, 6.45) is 0.788. The minimum absolute atomic E-state index is 0.0705. The fourth-order valence-corrected chi connectivity index (χ4v) is 3.45. The second kappa shape index (κ2) is 7.05. The summed E-state index contributed by atoms with van der Waals surface area (Å²) >= 11 is 0. The molecule has 1 amide bonds. The Bertz CT molecular complexity index is 1010. The van der Waals surface area contributed by atoms with Crippen LogP contribution in [-0.4, -0.2) is 46.0 Å². The van der Waals surface area contributed by atoms with E-state index in [-0.39, 0.29) is 36.4 Å². The molecule has 2 atom stereocenters. The maximum Gasteiger partial charge on any atom is 0.380 e. The van der Waals surface area contributed by atoms with Crippen LogP contribution in [0.4, 0.5) is 0 Å². The summed E-state index contributed by atoms with van der Waals surface area (Å²) in [6, 6.07) is 9.91. The first kappa shape index (κ1) is 18.1. The summed E-state index contributed by atoms with van der Waals surface area (Å²) in [7, 11) is 0. The first-order valence-corrected chi connectivity index (χ1v) is 8.90. The van der Waals surface area contributed by atoms with E-state index in [0.717, 1.165) is 11.6 Å². The third-order valence-corrected chi connectivity index (χ3v) is 4.89. The fraction of sp³-hybridized carbons (Fsp3) is 0.300. The van der Waals surface area contributed by atoms with Gasteiger partial charge in [0, 0.05) is 12.3 Å². The van der Waals surface area contributed by atoms with Crippen LogP contribution in [0.3, 0.4) is 0 Å². The molecule has 0 N–H and O–H groups in total. The fourth-order valence-electron chi connectivity index (χ4n) is 3.45. The van der Waals surface area contributed by atoms with Crippen molar-refractivity contribution in [3.63, 3.8) is 0 Å². The van der Waals surface area contributed by atoms with Crippen molar-refractivity contribution in [3.8, 4) is 0 Å². The number of fused-ring (bicyclic) bond motifs is 2. The molecule has 0 unspecified atom stereocenters. The van der Waals surface area contributed by atoms with Gasteiger partial charge in [-0.05, 0) is 12.5 Å². The van der Waals surface area contributed by atoms with Crippen molar-refractivity contribution in [2.45, 2.75) is 32.3 Å². The lowest BCUT2D eigenvalue weighted by Gasteiger charge is -2.33. The number of esters is 1. The summed E-state index contributed by atoms with van der Waals surface area (Å²) in [5.74, 6) is -2.48. The van der Waals surface area contributed by atoms with Gasteiger partial charge in [-0.15, -0.1) is 0 Å². The Morgan fingerprint density at radius 1 is 1.21 bits per heavy atom. The number of amides is 1. The smallest absolute Gasteiger partial charge is 0.380 e. The van der Waals surface area contributed by atoms with Crippen molar-refractivity contribution in [2.24, 2.45) is 0 Å². The van der Waals surface area contributed by atoms with Crippen LogP contribution < -0.4 is 5.43 Å². The number of Topliss-reactive ketones (excluding diaryl/α,β-unsaturated/α-hetero) is 1. The van der Waals surface area contributed by atoms with Gasteiger partial charge in [-0.2, -0.15) is 0 Å². The summed E-state index contributed by atoms with van der Waals surface area (Å²) in [4.78, 5) is 51.1. The highest BCUT2D eigenvalue weighted by molar-refractivity contribution is 6.40. The molecule has 1 saturated heterocycles. The molecule has 2 aliphatic heterocycles. The predicted octanol–water partition coefficient (Wildman–Crippen LogP) is 0.975. The number of aromatic nitrogens is 1. The van der Waals surface area contributed by atoms with E-state index in [1.165, 1.54) is 10.8 Å². The Kier molecular flexibility index (Phi) is 4.56. The number of hydrogen-bond acceptors (Lipinski definition) is 6. The Balaban J connectivity index is 1.56. The Morgan fingerprint density at radius 2 is 1.96 bits per heavy atom. The molecule has 3 heterocycles. The van der Waals surface area contributed by atoms with Crippen molar-refractivity contribution < 1.29 is 23.9 Å². The number of nitrogens with zero attached hydrogens (tertiary/aromatic N) is 2. The molecular weight excluding hydrogens is 364 g/mol. The molecule has 4 rings (SSSR count). The second-order valence-corrected chi connectivity index (χ2v) is 6.83. The Morgan fingerprint density at radius 3 is 2.71 bits per heavy atom. The average molecular weight is 382 g/mol. The van der Waals surface area contributed by atoms with E-state index in [1.807, 2.05) is 13.0 Å². The van der Waals surface area contributed by atoms with Crippen LogP contribution in [0.2, 0.25) is 0 Å². The van der Waals surface area contributed by atoms with Gasteiger partial charge in [0.25, 0.3) is 11.7 Å². The molecule has 0 aliphatic carbocycles. The first-order chi connectivity index (χ1) is 13.5. The van der Waals surface area contributed by atoms with E-state index in [1.54, 1.807) is 29.2 Å². The zero-order valence-electron chi connectivity index (χ0n) is 15.2. The van der Waals surface area contributed by atoms with Crippen LogP contribution in [-0.2, 0) is 27.4 Å². The standard InChI is InChI=1S/C20H18N2O6/c1-12-10-27-17-9-21-8-14(16(23)7-15(21)19(25)22(12)17)18(24)20(26)28-11-13-5-3-2-4-6-13/h2-8,12,17H,9-11H2,1H3/t12-,17+/m0/s1.